The number of thiophene rings is 1. The molecule has 0 fully saturated rings. The number of ether oxygens (including phenoxy) is 4. The van der Waals surface area contributed by atoms with E-state index in [1.165, 1.54) is 4.90 Å². The lowest BCUT2D eigenvalue weighted by Crippen LogP contribution is -2.45. The highest BCUT2D eigenvalue weighted by molar-refractivity contribution is 7.09. The summed E-state index contributed by atoms with van der Waals surface area (Å²) in [7, 11) is 1.56. The first-order valence-corrected chi connectivity index (χ1v) is 12.9. The summed E-state index contributed by atoms with van der Waals surface area (Å²) in [5.74, 6) is 1.90. The van der Waals surface area contributed by atoms with E-state index in [2.05, 4.69) is 5.32 Å². The third-order valence-corrected chi connectivity index (χ3v) is 6.55. The predicted molar refractivity (Wildman–Crippen MR) is 141 cm³/mol. The lowest BCUT2D eigenvalue weighted by atomic mass is 10.2. The standard InChI is InChI=1S/C27H31N3O6S/c1-3-34-22-9-7-21(8-10-22)28-27(32)29(12-13-33-2)18-26(31)30(17-23-5-4-14-37-23)16-20-6-11-24-25(15-20)36-19-35-24/h4-11,14-15H,3,12-13,16-19H2,1-2H3,(H,28,32). The number of nitrogens with zero attached hydrogens (tertiary/aromatic N) is 2. The van der Waals surface area contributed by atoms with E-state index in [0.29, 0.717) is 43.5 Å². The van der Waals surface area contributed by atoms with Crippen LogP contribution >= 0.6 is 11.3 Å². The van der Waals surface area contributed by atoms with Crippen molar-refractivity contribution in [1.29, 1.82) is 0 Å². The molecule has 1 aliphatic rings. The Bertz CT molecular complexity index is 1170. The second kappa shape index (κ2) is 13.0. The smallest absolute Gasteiger partial charge is 0.322 e. The number of hydrogen-bond acceptors (Lipinski definition) is 7. The van der Waals surface area contributed by atoms with Crippen LogP contribution in [0.25, 0.3) is 0 Å². The number of anilines is 1. The summed E-state index contributed by atoms with van der Waals surface area (Å²) in [5, 5.41) is 4.84. The van der Waals surface area contributed by atoms with E-state index < -0.39 is 0 Å². The highest BCUT2D eigenvalue weighted by atomic mass is 32.1. The number of carbonyl (C=O) groups is 2. The van der Waals surface area contributed by atoms with E-state index in [4.69, 9.17) is 18.9 Å². The second-order valence-electron chi connectivity index (χ2n) is 8.32. The molecule has 2 aromatic carbocycles. The Hall–Kier alpha value is -3.76. The van der Waals surface area contributed by atoms with Crippen LogP contribution < -0.4 is 19.5 Å². The van der Waals surface area contributed by atoms with Gasteiger partial charge < -0.3 is 34.1 Å². The van der Waals surface area contributed by atoms with Gasteiger partial charge in [-0.25, -0.2) is 4.79 Å². The first-order chi connectivity index (χ1) is 18.1. The summed E-state index contributed by atoms with van der Waals surface area (Å²) in [4.78, 5) is 30.9. The first kappa shape index (κ1) is 26.3. The molecule has 9 nitrogen and oxygen atoms in total. The topological polar surface area (TPSA) is 89.6 Å². The zero-order chi connectivity index (χ0) is 26.0. The maximum absolute atomic E-state index is 13.6. The van der Waals surface area contributed by atoms with Gasteiger partial charge in [0.1, 0.15) is 12.3 Å². The summed E-state index contributed by atoms with van der Waals surface area (Å²) < 4.78 is 21.6. The fourth-order valence-electron chi connectivity index (χ4n) is 3.80. The fraction of sp³-hybridized carbons (Fsp3) is 0.333. The molecule has 0 bridgehead atoms. The quantitative estimate of drug-likeness (QED) is 0.372. The van der Waals surface area contributed by atoms with Crippen molar-refractivity contribution in [2.75, 3.05) is 45.5 Å². The molecule has 0 saturated carbocycles. The monoisotopic (exact) mass is 525 g/mol. The Morgan fingerprint density at radius 3 is 2.57 bits per heavy atom. The number of nitrogens with one attached hydrogen (secondary N) is 1. The van der Waals surface area contributed by atoms with E-state index in [1.54, 1.807) is 47.6 Å². The van der Waals surface area contributed by atoms with Crippen LogP contribution in [0.15, 0.2) is 60.0 Å². The lowest BCUT2D eigenvalue weighted by molar-refractivity contribution is -0.133. The molecule has 0 unspecified atom stereocenters. The van der Waals surface area contributed by atoms with Crippen LogP contribution in [0.3, 0.4) is 0 Å². The Balaban J connectivity index is 1.46. The van der Waals surface area contributed by atoms with Crippen LogP contribution in [-0.2, 0) is 22.6 Å². The maximum atomic E-state index is 13.6. The van der Waals surface area contributed by atoms with Gasteiger partial charge in [-0.3, -0.25) is 4.79 Å². The van der Waals surface area contributed by atoms with Gasteiger partial charge in [0.25, 0.3) is 0 Å². The van der Waals surface area contributed by atoms with E-state index in [0.717, 1.165) is 16.2 Å². The number of methoxy groups -OCH3 is 1. The molecule has 4 rings (SSSR count). The van der Waals surface area contributed by atoms with Crippen molar-refractivity contribution in [3.05, 3.63) is 70.4 Å². The van der Waals surface area contributed by atoms with Crippen LogP contribution in [0.5, 0.6) is 17.2 Å². The number of benzene rings is 2. The lowest BCUT2D eigenvalue weighted by Gasteiger charge is -2.28. The first-order valence-electron chi connectivity index (χ1n) is 12.0. The molecule has 0 atom stereocenters. The van der Waals surface area contributed by atoms with Crippen LogP contribution in [-0.4, -0.2) is 61.9 Å². The molecule has 1 aliphatic heterocycles. The molecule has 196 valence electrons. The van der Waals surface area contributed by atoms with Crippen LogP contribution in [0.2, 0.25) is 0 Å². The Morgan fingerprint density at radius 2 is 1.84 bits per heavy atom. The van der Waals surface area contributed by atoms with Gasteiger partial charge >= 0.3 is 6.03 Å². The molecule has 0 radical (unpaired) electrons. The average molecular weight is 526 g/mol. The van der Waals surface area contributed by atoms with E-state index >= 15 is 0 Å². The zero-order valence-electron chi connectivity index (χ0n) is 21.0. The maximum Gasteiger partial charge on any atom is 0.322 e. The number of urea groups is 1. The third kappa shape index (κ3) is 7.37. The van der Waals surface area contributed by atoms with Crippen molar-refractivity contribution in [3.8, 4) is 17.2 Å². The minimum absolute atomic E-state index is 0.0951. The second-order valence-corrected chi connectivity index (χ2v) is 9.35. The van der Waals surface area contributed by atoms with E-state index in [1.807, 2.05) is 42.6 Å². The molecule has 10 heteroatoms. The van der Waals surface area contributed by atoms with Crippen LogP contribution in [0, 0.1) is 0 Å². The molecule has 0 aliphatic carbocycles. The van der Waals surface area contributed by atoms with Crippen LogP contribution in [0.4, 0.5) is 10.5 Å². The van der Waals surface area contributed by atoms with Gasteiger partial charge in [0.2, 0.25) is 12.7 Å². The molecular formula is C27H31N3O6S. The van der Waals surface area contributed by atoms with Crippen molar-refractivity contribution < 1.29 is 28.5 Å². The molecule has 37 heavy (non-hydrogen) atoms. The summed E-state index contributed by atoms with van der Waals surface area (Å²) in [5.41, 5.74) is 1.52. The Labute approximate surface area is 220 Å². The molecule has 3 amide bonds. The molecule has 1 N–H and O–H groups in total. The zero-order valence-corrected chi connectivity index (χ0v) is 21.8. The summed E-state index contributed by atoms with van der Waals surface area (Å²) in [6, 6.07) is 16.3. The van der Waals surface area contributed by atoms with Crippen molar-refractivity contribution in [1.82, 2.24) is 9.80 Å². The molecular weight excluding hydrogens is 494 g/mol. The van der Waals surface area contributed by atoms with Gasteiger partial charge in [-0.15, -0.1) is 11.3 Å². The minimum Gasteiger partial charge on any atom is -0.494 e. The molecule has 1 aromatic heterocycles. The molecule has 3 aromatic rings. The molecule has 0 spiro atoms. The number of hydrogen-bond donors (Lipinski definition) is 1. The summed E-state index contributed by atoms with van der Waals surface area (Å²) in [6.07, 6.45) is 0. The van der Waals surface area contributed by atoms with Crippen molar-refractivity contribution in [3.63, 3.8) is 0 Å². The highest BCUT2D eigenvalue weighted by Gasteiger charge is 2.23. The van der Waals surface area contributed by atoms with Gasteiger partial charge in [0.05, 0.1) is 19.8 Å². The van der Waals surface area contributed by atoms with Crippen molar-refractivity contribution in [2.45, 2.75) is 20.0 Å². The van der Waals surface area contributed by atoms with Crippen LogP contribution in [0.1, 0.15) is 17.4 Å². The number of carbonyl (C=O) groups excluding carboxylic acids is 2. The van der Waals surface area contributed by atoms with Gasteiger partial charge in [-0.1, -0.05) is 12.1 Å². The highest BCUT2D eigenvalue weighted by Crippen LogP contribution is 2.33. The van der Waals surface area contributed by atoms with Gasteiger partial charge in [0, 0.05) is 30.8 Å². The fourth-order valence-corrected chi connectivity index (χ4v) is 4.52. The number of rotatable bonds is 12. The Morgan fingerprint density at radius 1 is 1.03 bits per heavy atom. The normalized spacial score (nSPS) is 11.7. The van der Waals surface area contributed by atoms with Crippen molar-refractivity contribution >= 4 is 29.0 Å². The molecule has 2 heterocycles. The molecule has 0 saturated heterocycles. The predicted octanol–water partition coefficient (Wildman–Crippen LogP) is 4.58. The third-order valence-electron chi connectivity index (χ3n) is 5.69. The Kier molecular flexibility index (Phi) is 9.23. The summed E-state index contributed by atoms with van der Waals surface area (Å²) >= 11 is 1.58. The average Bonchev–Trinajstić information content (AvgIpc) is 3.59. The number of amides is 3. The van der Waals surface area contributed by atoms with Crippen molar-refractivity contribution in [2.24, 2.45) is 0 Å². The SMILES string of the molecule is CCOc1ccc(NC(=O)N(CCOC)CC(=O)N(Cc2ccc3c(c2)OCO3)Cc2cccs2)cc1. The summed E-state index contributed by atoms with van der Waals surface area (Å²) in [6.45, 7) is 3.94. The van der Waals surface area contributed by atoms with Gasteiger partial charge in [-0.05, 0) is 60.3 Å². The van der Waals surface area contributed by atoms with E-state index in [-0.39, 0.29) is 31.8 Å². The van der Waals surface area contributed by atoms with E-state index in [9.17, 15) is 9.59 Å². The minimum atomic E-state index is -0.381. The van der Waals surface area contributed by atoms with Gasteiger partial charge in [-0.2, -0.15) is 0 Å². The largest absolute Gasteiger partial charge is 0.494 e. The van der Waals surface area contributed by atoms with Gasteiger partial charge in [0.15, 0.2) is 11.5 Å². The number of fused-ring (bicyclic) bond motifs is 1.